The summed E-state index contributed by atoms with van der Waals surface area (Å²) in [5.41, 5.74) is 1.73. The standard InChI is InChI=1S/C22H26N4O4/c27-17-7-6-16(19(28)24-17)26-20(29)15-5-1-4-14(18(15)21(26)30)12-25-11-3-9-22(25)8-2-10-23-13-22/h1,4-5,16,23H,2-3,6-13H2,(H,24,27,28). The molecule has 2 N–H and O–H groups in total. The van der Waals surface area contributed by atoms with Crippen molar-refractivity contribution in [1.82, 2.24) is 20.4 Å². The van der Waals surface area contributed by atoms with Crippen LogP contribution in [-0.2, 0) is 16.1 Å². The Labute approximate surface area is 175 Å². The fourth-order valence-corrected chi connectivity index (χ4v) is 5.60. The lowest BCUT2D eigenvalue weighted by Gasteiger charge is -2.42. The first-order chi connectivity index (χ1) is 14.5. The molecule has 1 aromatic rings. The molecule has 4 aliphatic rings. The molecule has 30 heavy (non-hydrogen) atoms. The number of amides is 4. The highest BCUT2D eigenvalue weighted by molar-refractivity contribution is 6.24. The number of piperidine rings is 2. The number of fused-ring (bicyclic) bond motifs is 1. The number of imide groups is 2. The van der Waals surface area contributed by atoms with Crippen LogP contribution in [0, 0.1) is 0 Å². The van der Waals surface area contributed by atoms with Crippen molar-refractivity contribution in [2.45, 2.75) is 56.7 Å². The minimum absolute atomic E-state index is 0.121. The quantitative estimate of drug-likeness (QED) is 0.716. The summed E-state index contributed by atoms with van der Waals surface area (Å²) in [6, 6.07) is 4.46. The van der Waals surface area contributed by atoms with Crippen LogP contribution in [0.1, 0.15) is 64.8 Å². The highest BCUT2D eigenvalue weighted by atomic mass is 16.2. The van der Waals surface area contributed by atoms with Gasteiger partial charge >= 0.3 is 0 Å². The van der Waals surface area contributed by atoms with E-state index in [0.29, 0.717) is 17.7 Å². The van der Waals surface area contributed by atoms with Gasteiger partial charge in [-0.3, -0.25) is 34.3 Å². The zero-order valence-corrected chi connectivity index (χ0v) is 16.9. The van der Waals surface area contributed by atoms with Crippen molar-refractivity contribution in [3.63, 3.8) is 0 Å². The van der Waals surface area contributed by atoms with Gasteiger partial charge in [0.05, 0.1) is 11.1 Å². The number of carbonyl (C=O) groups excluding carboxylic acids is 4. The molecule has 5 rings (SSSR count). The topological polar surface area (TPSA) is 98.8 Å². The van der Waals surface area contributed by atoms with E-state index in [1.807, 2.05) is 12.1 Å². The number of nitrogens with one attached hydrogen (secondary N) is 2. The van der Waals surface area contributed by atoms with Crippen LogP contribution in [0.2, 0.25) is 0 Å². The minimum atomic E-state index is -0.927. The molecule has 4 heterocycles. The second kappa shape index (κ2) is 7.28. The second-order valence-corrected chi connectivity index (χ2v) is 8.82. The molecule has 2 unspecified atom stereocenters. The number of likely N-dealkylation sites (tertiary alicyclic amines) is 1. The first kappa shape index (κ1) is 19.4. The third-order valence-corrected chi connectivity index (χ3v) is 7.11. The van der Waals surface area contributed by atoms with Crippen LogP contribution in [0.15, 0.2) is 18.2 Å². The predicted molar refractivity (Wildman–Crippen MR) is 108 cm³/mol. The van der Waals surface area contributed by atoms with Gasteiger partial charge in [0.2, 0.25) is 11.8 Å². The third-order valence-electron chi connectivity index (χ3n) is 7.11. The minimum Gasteiger partial charge on any atom is -0.315 e. The Morgan fingerprint density at radius 1 is 1.07 bits per heavy atom. The zero-order chi connectivity index (χ0) is 20.9. The van der Waals surface area contributed by atoms with Crippen LogP contribution in [0.5, 0.6) is 0 Å². The average molecular weight is 410 g/mol. The number of benzene rings is 1. The summed E-state index contributed by atoms with van der Waals surface area (Å²) in [7, 11) is 0. The summed E-state index contributed by atoms with van der Waals surface area (Å²) in [5, 5.41) is 5.76. The van der Waals surface area contributed by atoms with Gasteiger partial charge in [-0.1, -0.05) is 12.1 Å². The van der Waals surface area contributed by atoms with Gasteiger partial charge in [-0.15, -0.1) is 0 Å². The maximum atomic E-state index is 13.3. The Bertz CT molecular complexity index is 937. The normalized spacial score (nSPS) is 29.6. The van der Waals surface area contributed by atoms with E-state index < -0.39 is 23.8 Å². The summed E-state index contributed by atoms with van der Waals surface area (Å²) in [5.74, 6) is -1.81. The molecule has 1 aromatic carbocycles. The van der Waals surface area contributed by atoms with E-state index in [1.54, 1.807) is 6.07 Å². The molecule has 8 heteroatoms. The molecule has 0 aliphatic carbocycles. The maximum Gasteiger partial charge on any atom is 0.262 e. The Balaban J connectivity index is 1.44. The second-order valence-electron chi connectivity index (χ2n) is 8.82. The molecule has 0 aromatic heterocycles. The van der Waals surface area contributed by atoms with Crippen LogP contribution >= 0.6 is 0 Å². The Morgan fingerprint density at radius 3 is 2.67 bits per heavy atom. The molecule has 0 bridgehead atoms. The van der Waals surface area contributed by atoms with Crippen molar-refractivity contribution in [2.75, 3.05) is 19.6 Å². The highest BCUT2D eigenvalue weighted by Gasteiger charge is 2.47. The lowest BCUT2D eigenvalue weighted by atomic mass is 9.87. The first-order valence-electron chi connectivity index (χ1n) is 10.8. The van der Waals surface area contributed by atoms with Crippen molar-refractivity contribution >= 4 is 23.6 Å². The molecule has 158 valence electrons. The Kier molecular flexibility index (Phi) is 4.71. The molecule has 4 amide bonds. The monoisotopic (exact) mass is 410 g/mol. The molecule has 3 fully saturated rings. The van der Waals surface area contributed by atoms with Gasteiger partial charge in [0.25, 0.3) is 11.8 Å². The molecule has 1 spiro atoms. The summed E-state index contributed by atoms with van der Waals surface area (Å²) in [6.45, 7) is 3.60. The lowest BCUT2D eigenvalue weighted by molar-refractivity contribution is -0.136. The van der Waals surface area contributed by atoms with Crippen molar-refractivity contribution < 1.29 is 19.2 Å². The SMILES string of the molecule is O=C1CCC(N2C(=O)c3cccc(CN4CCCC45CCCNC5)c3C2=O)C(=O)N1. The molecule has 4 aliphatic heterocycles. The molecule has 0 saturated carbocycles. The predicted octanol–water partition coefficient (Wildman–Crippen LogP) is 0.806. The van der Waals surface area contributed by atoms with Crippen LogP contribution < -0.4 is 10.6 Å². The van der Waals surface area contributed by atoms with Crippen LogP contribution in [0.25, 0.3) is 0 Å². The van der Waals surface area contributed by atoms with Gasteiger partial charge < -0.3 is 5.32 Å². The number of hydrogen-bond acceptors (Lipinski definition) is 6. The molecule has 0 radical (unpaired) electrons. The molecule has 2 atom stereocenters. The smallest absolute Gasteiger partial charge is 0.262 e. The number of rotatable bonds is 3. The first-order valence-corrected chi connectivity index (χ1v) is 10.8. The number of carbonyl (C=O) groups is 4. The molecular weight excluding hydrogens is 384 g/mol. The van der Waals surface area contributed by atoms with Crippen molar-refractivity contribution in [2.24, 2.45) is 0 Å². The maximum absolute atomic E-state index is 13.3. The van der Waals surface area contributed by atoms with E-state index >= 15 is 0 Å². The van der Waals surface area contributed by atoms with Gasteiger partial charge in [-0.05, 0) is 56.8 Å². The number of nitrogens with zero attached hydrogens (tertiary/aromatic N) is 2. The van der Waals surface area contributed by atoms with Gasteiger partial charge in [0, 0.05) is 25.0 Å². The van der Waals surface area contributed by atoms with Gasteiger partial charge in [-0.25, -0.2) is 0 Å². The number of hydrogen-bond donors (Lipinski definition) is 2. The molecule has 3 saturated heterocycles. The van der Waals surface area contributed by atoms with E-state index in [4.69, 9.17) is 0 Å². The van der Waals surface area contributed by atoms with Gasteiger partial charge in [0.15, 0.2) is 0 Å². The Morgan fingerprint density at radius 2 is 1.90 bits per heavy atom. The summed E-state index contributed by atoms with van der Waals surface area (Å²) in [6.07, 6.45) is 4.86. The van der Waals surface area contributed by atoms with Crippen LogP contribution in [-0.4, -0.2) is 64.6 Å². The lowest BCUT2D eigenvalue weighted by Crippen LogP contribution is -2.54. The fourth-order valence-electron chi connectivity index (χ4n) is 5.60. The van der Waals surface area contributed by atoms with Gasteiger partial charge in [0.1, 0.15) is 6.04 Å². The summed E-state index contributed by atoms with van der Waals surface area (Å²) in [4.78, 5) is 53.6. The van der Waals surface area contributed by atoms with Gasteiger partial charge in [-0.2, -0.15) is 0 Å². The van der Waals surface area contributed by atoms with E-state index in [0.717, 1.165) is 55.8 Å². The fraction of sp³-hybridized carbons (Fsp3) is 0.545. The van der Waals surface area contributed by atoms with E-state index in [1.165, 1.54) is 0 Å². The van der Waals surface area contributed by atoms with Crippen molar-refractivity contribution in [3.8, 4) is 0 Å². The zero-order valence-electron chi connectivity index (χ0n) is 16.9. The van der Waals surface area contributed by atoms with Crippen LogP contribution in [0.3, 0.4) is 0 Å². The average Bonchev–Trinajstić information content (AvgIpc) is 3.22. The Hall–Kier alpha value is -2.58. The van der Waals surface area contributed by atoms with E-state index in [9.17, 15) is 19.2 Å². The van der Waals surface area contributed by atoms with Crippen molar-refractivity contribution in [1.29, 1.82) is 0 Å². The highest BCUT2D eigenvalue weighted by Crippen LogP contribution is 2.38. The van der Waals surface area contributed by atoms with E-state index in [2.05, 4.69) is 15.5 Å². The molecule has 8 nitrogen and oxygen atoms in total. The van der Waals surface area contributed by atoms with Crippen LogP contribution in [0.4, 0.5) is 0 Å². The summed E-state index contributed by atoms with van der Waals surface area (Å²) < 4.78 is 0. The summed E-state index contributed by atoms with van der Waals surface area (Å²) >= 11 is 0. The van der Waals surface area contributed by atoms with Crippen molar-refractivity contribution in [3.05, 3.63) is 34.9 Å². The largest absolute Gasteiger partial charge is 0.315 e. The third kappa shape index (κ3) is 2.97. The van der Waals surface area contributed by atoms with E-state index in [-0.39, 0.29) is 24.3 Å². The molecular formula is C22H26N4O4.